The maximum atomic E-state index is 13.5. The van der Waals surface area contributed by atoms with Gasteiger partial charge < -0.3 is 25.8 Å². The smallest absolute Gasteiger partial charge is 0.349 e. The molecule has 1 aromatic carbocycles. The number of H-pyrrole nitrogens is 2. The summed E-state index contributed by atoms with van der Waals surface area (Å²) in [7, 11) is 0. The van der Waals surface area contributed by atoms with E-state index < -0.39 is 17.8 Å². The summed E-state index contributed by atoms with van der Waals surface area (Å²) >= 11 is 6.43. The first-order chi connectivity index (χ1) is 21.5. The molecule has 0 bridgehead atoms. The normalized spacial score (nSPS) is 21.3. The molecule has 2 unspecified atom stereocenters. The lowest BCUT2D eigenvalue weighted by atomic mass is 9.96. The van der Waals surface area contributed by atoms with Crippen molar-refractivity contribution in [3.8, 4) is 11.3 Å². The number of hydrogen-bond acceptors (Lipinski definition) is 6. The Balaban J connectivity index is 1.02. The van der Waals surface area contributed by atoms with E-state index >= 15 is 0 Å². The standard InChI is InChI=1S/C30H32ClF3N8O3/c1-2-3-21-23(25(41-40-21)30(32,33)34)22-12-36-26(38-22)28(44)37-11-15-4-5-17(20(31)10-15)27(43)39-24-18-13-42(14-19(18)24)29(45)16-6-8-35-9-7-16/h2,4-5,10,12,16,18-19,24,35H,1,3,6-9,11,13-14H2,(H,36,38)(H,37,44)(H,39,43)(H,40,41). The van der Waals surface area contributed by atoms with Crippen molar-refractivity contribution < 1.29 is 27.6 Å². The van der Waals surface area contributed by atoms with E-state index in [0.717, 1.165) is 32.1 Å². The molecule has 4 heterocycles. The second-order valence-electron chi connectivity index (χ2n) is 11.7. The molecule has 5 N–H and O–H groups in total. The first kappa shape index (κ1) is 30.8. The number of aromatic nitrogens is 4. The molecular weight excluding hydrogens is 613 g/mol. The van der Waals surface area contributed by atoms with Crippen LogP contribution in [-0.4, -0.2) is 75.0 Å². The maximum absolute atomic E-state index is 13.5. The summed E-state index contributed by atoms with van der Waals surface area (Å²) in [5.74, 6) is -0.332. The number of halogens is 4. The molecule has 238 valence electrons. The third kappa shape index (κ3) is 6.34. The van der Waals surface area contributed by atoms with Gasteiger partial charge in [0.1, 0.15) is 0 Å². The van der Waals surface area contributed by atoms with Crippen LogP contribution in [0, 0.1) is 17.8 Å². The Morgan fingerprint density at radius 3 is 2.53 bits per heavy atom. The fraction of sp³-hybridized carbons (Fsp3) is 0.433. The molecule has 3 aromatic rings. The van der Waals surface area contributed by atoms with Crippen LogP contribution >= 0.6 is 11.6 Å². The molecular formula is C30H32ClF3N8O3. The Labute approximate surface area is 261 Å². The topological polar surface area (TPSA) is 148 Å². The molecule has 2 saturated heterocycles. The van der Waals surface area contributed by atoms with Crippen molar-refractivity contribution in [2.75, 3.05) is 26.2 Å². The van der Waals surface area contributed by atoms with Crippen molar-refractivity contribution in [2.24, 2.45) is 17.8 Å². The van der Waals surface area contributed by atoms with E-state index in [1.807, 2.05) is 4.90 Å². The summed E-state index contributed by atoms with van der Waals surface area (Å²) in [6.45, 7) is 6.63. The molecule has 2 aromatic heterocycles. The third-order valence-corrected chi connectivity index (χ3v) is 9.05. The number of carbonyl (C=O) groups is 3. The van der Waals surface area contributed by atoms with Crippen LogP contribution in [0.15, 0.2) is 37.1 Å². The fourth-order valence-corrected chi connectivity index (χ4v) is 6.61. The van der Waals surface area contributed by atoms with Crippen LogP contribution < -0.4 is 16.0 Å². The minimum absolute atomic E-state index is 0.00454. The number of fused-ring (bicyclic) bond motifs is 1. The van der Waals surface area contributed by atoms with E-state index in [1.54, 1.807) is 18.2 Å². The number of imidazole rings is 1. The van der Waals surface area contributed by atoms with Crippen LogP contribution in [0.2, 0.25) is 5.02 Å². The van der Waals surface area contributed by atoms with E-state index in [-0.39, 0.29) is 76.4 Å². The number of alkyl halides is 3. The van der Waals surface area contributed by atoms with Gasteiger partial charge in [0.05, 0.1) is 28.0 Å². The molecule has 6 rings (SSSR count). The van der Waals surface area contributed by atoms with Gasteiger partial charge in [0, 0.05) is 55.5 Å². The van der Waals surface area contributed by atoms with Crippen molar-refractivity contribution in [1.29, 1.82) is 0 Å². The Bertz CT molecular complexity index is 1620. The molecule has 2 aliphatic heterocycles. The number of hydrogen-bond donors (Lipinski definition) is 5. The van der Waals surface area contributed by atoms with Gasteiger partial charge in [-0.2, -0.15) is 18.3 Å². The number of piperidine rings is 2. The molecule has 0 spiro atoms. The van der Waals surface area contributed by atoms with Gasteiger partial charge in [-0.1, -0.05) is 23.7 Å². The van der Waals surface area contributed by atoms with Gasteiger partial charge in [0.25, 0.3) is 11.8 Å². The zero-order valence-electron chi connectivity index (χ0n) is 24.1. The molecule has 2 atom stereocenters. The first-order valence-electron chi connectivity index (χ1n) is 14.7. The highest BCUT2D eigenvalue weighted by molar-refractivity contribution is 6.33. The number of aromatic amines is 2. The van der Waals surface area contributed by atoms with Crippen LogP contribution in [0.5, 0.6) is 0 Å². The average Bonchev–Trinajstić information content (AvgIpc) is 3.50. The minimum Gasteiger partial charge on any atom is -0.349 e. The molecule has 11 nitrogen and oxygen atoms in total. The SMILES string of the molecule is C=CCc1[nH]nc(C(F)(F)F)c1-c1cnc(C(=O)NCc2ccc(C(=O)NC3C4CN(C(=O)C5CCNCC5)CC43)c(Cl)c2)[nH]1. The molecule has 45 heavy (non-hydrogen) atoms. The minimum atomic E-state index is -4.72. The van der Waals surface area contributed by atoms with Crippen LogP contribution in [0.3, 0.4) is 0 Å². The van der Waals surface area contributed by atoms with Crippen LogP contribution in [0.25, 0.3) is 11.3 Å². The van der Waals surface area contributed by atoms with Gasteiger partial charge in [-0.05, 0) is 43.6 Å². The molecule has 1 aliphatic carbocycles. The van der Waals surface area contributed by atoms with Crippen molar-refractivity contribution >= 4 is 29.3 Å². The number of benzene rings is 1. The lowest BCUT2D eigenvalue weighted by molar-refractivity contribution is -0.140. The highest BCUT2D eigenvalue weighted by Crippen LogP contribution is 2.46. The summed E-state index contributed by atoms with van der Waals surface area (Å²) < 4.78 is 40.6. The fourth-order valence-electron chi connectivity index (χ4n) is 6.32. The summed E-state index contributed by atoms with van der Waals surface area (Å²) in [4.78, 5) is 47.1. The number of carbonyl (C=O) groups excluding carboxylic acids is 3. The Morgan fingerprint density at radius 2 is 1.87 bits per heavy atom. The molecule has 3 aliphatic rings. The zero-order valence-corrected chi connectivity index (χ0v) is 24.9. The van der Waals surface area contributed by atoms with Crippen molar-refractivity contribution in [1.82, 2.24) is 41.0 Å². The highest BCUT2D eigenvalue weighted by atomic mass is 35.5. The number of rotatable bonds is 9. The molecule has 1 saturated carbocycles. The van der Waals surface area contributed by atoms with E-state index in [4.69, 9.17) is 11.6 Å². The van der Waals surface area contributed by atoms with Gasteiger partial charge in [0.15, 0.2) is 11.5 Å². The average molecular weight is 645 g/mol. The largest absolute Gasteiger partial charge is 0.435 e. The van der Waals surface area contributed by atoms with E-state index in [2.05, 4.69) is 42.7 Å². The lowest BCUT2D eigenvalue weighted by Gasteiger charge is -2.28. The number of nitrogens with zero attached hydrogens (tertiary/aromatic N) is 3. The molecule has 0 radical (unpaired) electrons. The number of allylic oxidation sites excluding steroid dienone is 1. The van der Waals surface area contributed by atoms with Crippen LogP contribution in [0.4, 0.5) is 13.2 Å². The van der Waals surface area contributed by atoms with Crippen molar-refractivity contribution in [3.63, 3.8) is 0 Å². The monoisotopic (exact) mass is 644 g/mol. The highest BCUT2D eigenvalue weighted by Gasteiger charge is 2.57. The van der Waals surface area contributed by atoms with Crippen LogP contribution in [-0.2, 0) is 23.9 Å². The number of nitrogens with one attached hydrogen (secondary N) is 5. The Kier molecular flexibility index (Phi) is 8.44. The summed E-state index contributed by atoms with van der Waals surface area (Å²) in [6, 6.07) is 4.81. The second kappa shape index (κ2) is 12.3. The van der Waals surface area contributed by atoms with Gasteiger partial charge in [-0.15, -0.1) is 6.58 Å². The quantitative estimate of drug-likeness (QED) is 0.226. The Hall–Kier alpha value is -4.17. The predicted octanol–water partition coefficient (Wildman–Crippen LogP) is 3.32. The second-order valence-corrected chi connectivity index (χ2v) is 12.1. The number of amides is 3. The molecule has 15 heteroatoms. The summed E-state index contributed by atoms with van der Waals surface area (Å²) in [5.41, 5.74) is -0.283. The van der Waals surface area contributed by atoms with E-state index in [1.165, 1.54) is 6.08 Å². The maximum Gasteiger partial charge on any atom is 0.435 e. The predicted molar refractivity (Wildman–Crippen MR) is 158 cm³/mol. The van der Waals surface area contributed by atoms with Gasteiger partial charge in [-0.3, -0.25) is 19.5 Å². The zero-order chi connectivity index (χ0) is 31.9. The van der Waals surface area contributed by atoms with Gasteiger partial charge in [0.2, 0.25) is 5.91 Å². The Morgan fingerprint density at radius 1 is 1.13 bits per heavy atom. The van der Waals surface area contributed by atoms with Gasteiger partial charge >= 0.3 is 6.18 Å². The molecule has 3 fully saturated rings. The van der Waals surface area contributed by atoms with Crippen molar-refractivity contribution in [3.05, 3.63) is 70.4 Å². The van der Waals surface area contributed by atoms with E-state index in [9.17, 15) is 27.6 Å². The molecule has 3 amide bonds. The van der Waals surface area contributed by atoms with Crippen LogP contribution in [0.1, 0.15) is 50.8 Å². The van der Waals surface area contributed by atoms with Crippen molar-refractivity contribution in [2.45, 2.75) is 38.0 Å². The third-order valence-electron chi connectivity index (χ3n) is 8.74. The number of likely N-dealkylation sites (tertiary alicyclic amines) is 1. The summed E-state index contributed by atoms with van der Waals surface area (Å²) in [5, 5.41) is 15.0. The first-order valence-corrected chi connectivity index (χ1v) is 15.1. The summed E-state index contributed by atoms with van der Waals surface area (Å²) in [6.07, 6.45) is -0.305. The lowest BCUT2D eigenvalue weighted by Crippen LogP contribution is -2.43. The van der Waals surface area contributed by atoms with E-state index in [0.29, 0.717) is 24.2 Å². The van der Waals surface area contributed by atoms with Gasteiger partial charge in [-0.25, -0.2) is 4.98 Å².